The van der Waals surface area contributed by atoms with Crippen LogP contribution in [0.4, 0.5) is 4.39 Å². The van der Waals surface area contributed by atoms with Gasteiger partial charge in [0.25, 0.3) is 0 Å². The molecule has 0 unspecified atom stereocenters. The highest BCUT2D eigenvalue weighted by Gasteiger charge is 2.07. The zero-order valence-corrected chi connectivity index (χ0v) is 11.2. The Morgan fingerprint density at radius 1 is 1.30 bits per heavy atom. The lowest BCUT2D eigenvalue weighted by Gasteiger charge is -2.12. The number of ether oxygens (including phenoxy) is 2. The van der Waals surface area contributed by atoms with E-state index >= 15 is 0 Å². The zero-order valence-electron chi connectivity index (χ0n) is 11.2. The Morgan fingerprint density at radius 3 is 2.85 bits per heavy atom. The third-order valence-corrected chi connectivity index (χ3v) is 2.72. The van der Waals surface area contributed by atoms with Gasteiger partial charge in [-0.25, -0.2) is 4.39 Å². The number of aliphatic hydroxyl groups is 1. The molecular formula is C15H17FO4. The van der Waals surface area contributed by atoms with E-state index in [2.05, 4.69) is 0 Å². The van der Waals surface area contributed by atoms with Gasteiger partial charge < -0.3 is 19.0 Å². The van der Waals surface area contributed by atoms with Gasteiger partial charge in [0.05, 0.1) is 12.9 Å². The van der Waals surface area contributed by atoms with Crippen LogP contribution in [-0.4, -0.2) is 24.4 Å². The Labute approximate surface area is 116 Å². The molecule has 0 saturated heterocycles. The average Bonchev–Trinajstić information content (AvgIpc) is 2.93. The van der Waals surface area contributed by atoms with E-state index in [4.69, 9.17) is 13.9 Å². The van der Waals surface area contributed by atoms with Crippen molar-refractivity contribution in [2.75, 3.05) is 13.2 Å². The molecule has 0 spiro atoms. The van der Waals surface area contributed by atoms with Crippen molar-refractivity contribution in [1.82, 2.24) is 0 Å². The minimum absolute atomic E-state index is 0.0423. The van der Waals surface area contributed by atoms with Gasteiger partial charge in [-0.3, -0.25) is 0 Å². The van der Waals surface area contributed by atoms with E-state index in [-0.39, 0.29) is 19.0 Å². The van der Waals surface area contributed by atoms with Crippen LogP contribution in [0.15, 0.2) is 41.0 Å². The van der Waals surface area contributed by atoms with Crippen LogP contribution in [-0.2, 0) is 11.3 Å². The van der Waals surface area contributed by atoms with Gasteiger partial charge in [0.1, 0.15) is 36.6 Å². The molecule has 0 radical (unpaired) electrons. The van der Waals surface area contributed by atoms with Crippen molar-refractivity contribution in [3.05, 3.63) is 53.7 Å². The van der Waals surface area contributed by atoms with E-state index < -0.39 is 6.10 Å². The van der Waals surface area contributed by atoms with Crippen LogP contribution in [0.3, 0.4) is 0 Å². The molecule has 5 heteroatoms. The molecule has 1 heterocycles. The minimum Gasteiger partial charge on any atom is -0.491 e. The van der Waals surface area contributed by atoms with E-state index in [1.165, 1.54) is 6.07 Å². The van der Waals surface area contributed by atoms with E-state index in [1.54, 1.807) is 37.5 Å². The highest BCUT2D eigenvalue weighted by atomic mass is 19.1. The molecular weight excluding hydrogens is 263 g/mol. The molecule has 0 bridgehead atoms. The van der Waals surface area contributed by atoms with Gasteiger partial charge >= 0.3 is 0 Å². The summed E-state index contributed by atoms with van der Waals surface area (Å²) in [6.45, 7) is 2.13. The van der Waals surface area contributed by atoms with Gasteiger partial charge in [-0.05, 0) is 30.7 Å². The Hall–Kier alpha value is -1.85. The maximum absolute atomic E-state index is 13.3. The molecule has 0 saturated carbocycles. The summed E-state index contributed by atoms with van der Waals surface area (Å²) in [5.41, 5.74) is 0.555. The second-order valence-electron chi connectivity index (χ2n) is 4.47. The Balaban J connectivity index is 1.69. The molecule has 2 rings (SSSR count). The lowest BCUT2D eigenvalue weighted by atomic mass is 10.2. The van der Waals surface area contributed by atoms with Crippen molar-refractivity contribution in [2.45, 2.75) is 19.6 Å². The van der Waals surface area contributed by atoms with Gasteiger partial charge in [0, 0.05) is 6.07 Å². The van der Waals surface area contributed by atoms with Gasteiger partial charge in [-0.15, -0.1) is 0 Å². The standard InChI is InChI=1S/C15H17FO4/c1-11-4-5-13(7-15(11)16)20-9-12(17)8-18-10-14-3-2-6-19-14/h2-7,12,17H,8-10H2,1H3/t12-/m0/s1. The number of aliphatic hydroxyl groups excluding tert-OH is 1. The van der Waals surface area contributed by atoms with Crippen LogP contribution in [0.5, 0.6) is 5.75 Å². The molecule has 2 aromatic rings. The molecule has 4 nitrogen and oxygen atoms in total. The summed E-state index contributed by atoms with van der Waals surface area (Å²) in [5.74, 6) is 0.753. The maximum atomic E-state index is 13.3. The van der Waals surface area contributed by atoms with Crippen molar-refractivity contribution in [1.29, 1.82) is 0 Å². The summed E-state index contributed by atoms with van der Waals surface area (Å²) >= 11 is 0. The Morgan fingerprint density at radius 2 is 2.15 bits per heavy atom. The van der Waals surface area contributed by atoms with Crippen molar-refractivity contribution in [3.8, 4) is 5.75 Å². The van der Waals surface area contributed by atoms with Gasteiger partial charge in [-0.2, -0.15) is 0 Å². The summed E-state index contributed by atoms with van der Waals surface area (Å²) in [5, 5.41) is 9.69. The topological polar surface area (TPSA) is 51.8 Å². The summed E-state index contributed by atoms with van der Waals surface area (Å²) in [7, 11) is 0. The Kier molecular flexibility index (Phi) is 5.15. The third kappa shape index (κ3) is 4.36. The Bertz CT molecular complexity index is 525. The van der Waals surface area contributed by atoms with Crippen LogP contribution in [0, 0.1) is 12.7 Å². The second kappa shape index (κ2) is 7.07. The second-order valence-corrected chi connectivity index (χ2v) is 4.47. The molecule has 1 aromatic heterocycles. The number of rotatable bonds is 7. The predicted octanol–water partition coefficient (Wildman–Crippen LogP) is 2.68. The third-order valence-electron chi connectivity index (χ3n) is 2.72. The lowest BCUT2D eigenvalue weighted by molar-refractivity contribution is 0.000830. The summed E-state index contributed by atoms with van der Waals surface area (Å²) in [4.78, 5) is 0. The smallest absolute Gasteiger partial charge is 0.129 e. The first-order valence-electron chi connectivity index (χ1n) is 6.32. The largest absolute Gasteiger partial charge is 0.491 e. The minimum atomic E-state index is -0.783. The molecule has 0 amide bonds. The highest BCUT2D eigenvalue weighted by molar-refractivity contribution is 5.27. The summed E-state index contributed by atoms with van der Waals surface area (Å²) in [6.07, 6.45) is 0.777. The van der Waals surface area contributed by atoms with E-state index in [0.717, 1.165) is 0 Å². The van der Waals surface area contributed by atoms with Crippen LogP contribution in [0.25, 0.3) is 0 Å². The van der Waals surface area contributed by atoms with Crippen molar-refractivity contribution >= 4 is 0 Å². The maximum Gasteiger partial charge on any atom is 0.129 e. The van der Waals surface area contributed by atoms with Crippen molar-refractivity contribution < 1.29 is 23.4 Å². The molecule has 0 fully saturated rings. The molecule has 0 aliphatic carbocycles. The molecule has 108 valence electrons. The van der Waals surface area contributed by atoms with Crippen LogP contribution >= 0.6 is 0 Å². The van der Waals surface area contributed by atoms with Crippen LogP contribution < -0.4 is 4.74 Å². The van der Waals surface area contributed by atoms with E-state index in [0.29, 0.717) is 23.7 Å². The number of benzene rings is 1. The molecule has 1 atom stereocenters. The molecule has 0 aliphatic heterocycles. The molecule has 20 heavy (non-hydrogen) atoms. The highest BCUT2D eigenvalue weighted by Crippen LogP contribution is 2.16. The first kappa shape index (κ1) is 14.6. The fourth-order valence-electron chi connectivity index (χ4n) is 1.59. The quantitative estimate of drug-likeness (QED) is 0.847. The number of hydrogen-bond acceptors (Lipinski definition) is 4. The number of hydrogen-bond donors (Lipinski definition) is 1. The molecule has 0 aliphatic rings. The fraction of sp³-hybridized carbons (Fsp3) is 0.333. The molecule has 1 aromatic carbocycles. The first-order valence-corrected chi connectivity index (χ1v) is 6.32. The van der Waals surface area contributed by atoms with Crippen molar-refractivity contribution in [2.24, 2.45) is 0 Å². The van der Waals surface area contributed by atoms with Gasteiger partial charge in [0.2, 0.25) is 0 Å². The predicted molar refractivity (Wildman–Crippen MR) is 71.0 cm³/mol. The van der Waals surface area contributed by atoms with Gasteiger partial charge in [0.15, 0.2) is 0 Å². The summed E-state index contributed by atoms with van der Waals surface area (Å²) < 4.78 is 28.9. The summed E-state index contributed by atoms with van der Waals surface area (Å²) in [6, 6.07) is 8.15. The first-order chi connectivity index (χ1) is 9.65. The lowest BCUT2D eigenvalue weighted by Crippen LogP contribution is -2.23. The van der Waals surface area contributed by atoms with E-state index in [9.17, 15) is 9.50 Å². The van der Waals surface area contributed by atoms with Crippen LogP contribution in [0.2, 0.25) is 0 Å². The zero-order chi connectivity index (χ0) is 14.4. The fourth-order valence-corrected chi connectivity index (χ4v) is 1.59. The SMILES string of the molecule is Cc1ccc(OC[C@@H](O)COCc2ccco2)cc1F. The van der Waals surface area contributed by atoms with E-state index in [1.807, 2.05) is 0 Å². The van der Waals surface area contributed by atoms with Gasteiger partial charge in [-0.1, -0.05) is 6.07 Å². The normalized spacial score (nSPS) is 12.3. The van der Waals surface area contributed by atoms with Crippen LogP contribution in [0.1, 0.15) is 11.3 Å². The monoisotopic (exact) mass is 280 g/mol. The average molecular weight is 280 g/mol. The van der Waals surface area contributed by atoms with Crippen molar-refractivity contribution in [3.63, 3.8) is 0 Å². The number of aryl methyl sites for hydroxylation is 1. The number of furan rings is 1. The molecule has 1 N–H and O–H groups in total. The number of halogens is 1.